The van der Waals surface area contributed by atoms with E-state index in [0.29, 0.717) is 5.69 Å². The van der Waals surface area contributed by atoms with Crippen LogP contribution in [0.2, 0.25) is 0 Å². The third kappa shape index (κ3) is 2.84. The summed E-state index contributed by atoms with van der Waals surface area (Å²) in [6.45, 7) is 1.92. The number of rotatable bonds is 4. The average molecular weight is 425 g/mol. The Morgan fingerprint density at radius 2 is 1.94 bits per heavy atom. The first kappa shape index (κ1) is 20.2. The van der Waals surface area contributed by atoms with E-state index < -0.39 is 29.4 Å². The second-order valence-corrected chi connectivity index (χ2v) is 9.46. The molecule has 3 heterocycles. The molecule has 3 N–H and O–H groups in total. The van der Waals surface area contributed by atoms with Gasteiger partial charge in [-0.3, -0.25) is 19.3 Å². The number of aryl methyl sites for hydroxylation is 1. The Bertz CT molecular complexity index is 985. The highest BCUT2D eigenvalue weighted by molar-refractivity contribution is 6.14. The molecule has 2 saturated heterocycles. The summed E-state index contributed by atoms with van der Waals surface area (Å²) in [7, 11) is 0. The Hall–Kier alpha value is -2.74. The minimum absolute atomic E-state index is 0.125. The molecule has 0 unspecified atom stereocenters. The van der Waals surface area contributed by atoms with Crippen molar-refractivity contribution >= 4 is 29.4 Å². The molecule has 3 fully saturated rings. The second-order valence-electron chi connectivity index (χ2n) is 9.46. The van der Waals surface area contributed by atoms with E-state index in [0.717, 1.165) is 43.2 Å². The minimum atomic E-state index is -1.24. The van der Waals surface area contributed by atoms with Crippen LogP contribution < -0.4 is 15.7 Å². The lowest BCUT2D eigenvalue weighted by atomic mass is 9.76. The average Bonchev–Trinajstić information content (AvgIpc) is 3.32. The van der Waals surface area contributed by atoms with Crippen molar-refractivity contribution in [2.45, 2.75) is 69.5 Å². The zero-order valence-electron chi connectivity index (χ0n) is 17.6. The SMILES string of the molecule is Cc1ccc2c(c1)[C@]1([NH2+][C@H](CCC(=O)[O-])[C@H]3C(=O)N(C4CCCCC4)C(=O)[C@H]31)C(=O)N2. The molecule has 1 aromatic rings. The number of carboxylic acid groups (broad SMARTS) is 1. The van der Waals surface area contributed by atoms with Gasteiger partial charge in [-0.25, -0.2) is 0 Å². The molecule has 0 aromatic heterocycles. The van der Waals surface area contributed by atoms with E-state index in [2.05, 4.69) is 5.32 Å². The van der Waals surface area contributed by atoms with Crippen LogP contribution in [0.5, 0.6) is 0 Å². The Morgan fingerprint density at radius 3 is 2.65 bits per heavy atom. The van der Waals surface area contributed by atoms with Gasteiger partial charge < -0.3 is 20.5 Å². The van der Waals surface area contributed by atoms with Gasteiger partial charge in [0.2, 0.25) is 17.4 Å². The number of carbonyl (C=O) groups is 4. The molecule has 4 atom stereocenters. The first-order valence-electron chi connectivity index (χ1n) is 11.2. The number of nitrogens with zero attached hydrogens (tertiary/aromatic N) is 1. The van der Waals surface area contributed by atoms with Crippen LogP contribution in [-0.2, 0) is 24.7 Å². The molecule has 0 radical (unpaired) electrons. The number of quaternary nitrogens is 1. The zero-order chi connectivity index (χ0) is 21.9. The molecule has 3 amide bonds. The van der Waals surface area contributed by atoms with Crippen molar-refractivity contribution in [2.75, 3.05) is 5.32 Å². The first-order chi connectivity index (χ1) is 14.8. The van der Waals surface area contributed by atoms with E-state index in [1.54, 1.807) is 5.32 Å². The molecule has 5 rings (SSSR count). The highest BCUT2D eigenvalue weighted by Crippen LogP contribution is 2.50. The lowest BCUT2D eigenvalue weighted by Crippen LogP contribution is -2.99. The van der Waals surface area contributed by atoms with Crippen LogP contribution in [0.15, 0.2) is 18.2 Å². The number of imide groups is 1. The van der Waals surface area contributed by atoms with E-state index in [-0.39, 0.29) is 36.6 Å². The number of amides is 3. The van der Waals surface area contributed by atoms with E-state index >= 15 is 0 Å². The topological polar surface area (TPSA) is 123 Å². The van der Waals surface area contributed by atoms with Gasteiger partial charge in [0.25, 0.3) is 5.91 Å². The molecular formula is C23H27N3O5. The number of anilines is 1. The van der Waals surface area contributed by atoms with Crippen LogP contribution in [0.25, 0.3) is 0 Å². The molecular weight excluding hydrogens is 398 g/mol. The van der Waals surface area contributed by atoms with E-state index in [1.165, 1.54) is 4.90 Å². The number of aliphatic carboxylic acids is 1. The number of hydrogen-bond acceptors (Lipinski definition) is 5. The van der Waals surface area contributed by atoms with Gasteiger partial charge in [-0.15, -0.1) is 0 Å². The smallest absolute Gasteiger partial charge is 0.291 e. The third-order valence-corrected chi connectivity index (χ3v) is 7.68. The number of carboxylic acids is 1. The van der Waals surface area contributed by atoms with Crippen LogP contribution in [0, 0.1) is 18.8 Å². The molecule has 1 aromatic carbocycles. The third-order valence-electron chi connectivity index (χ3n) is 7.68. The minimum Gasteiger partial charge on any atom is -0.550 e. The fourth-order valence-corrected chi connectivity index (χ4v) is 6.35. The highest BCUT2D eigenvalue weighted by Gasteiger charge is 2.74. The quantitative estimate of drug-likeness (QED) is 0.633. The van der Waals surface area contributed by atoms with Gasteiger partial charge in [-0.2, -0.15) is 0 Å². The van der Waals surface area contributed by atoms with Gasteiger partial charge in [-0.1, -0.05) is 30.9 Å². The standard InChI is InChI=1S/C23H27N3O5/c1-12-7-8-15-14(11-12)23(22(31)24-15)19-18(16(25-23)9-10-17(27)28)20(29)26(21(19)30)13-5-3-2-4-6-13/h7-8,11,13,16,18-19,25H,2-6,9-10H2,1H3,(H,24,31)(H,27,28)/t16-,18-,19+,23-/m1/s1. The maximum atomic E-state index is 13.8. The Labute approximate surface area is 180 Å². The van der Waals surface area contributed by atoms with Gasteiger partial charge in [0.1, 0.15) is 17.9 Å². The van der Waals surface area contributed by atoms with Crippen molar-refractivity contribution in [3.63, 3.8) is 0 Å². The summed E-state index contributed by atoms with van der Waals surface area (Å²) >= 11 is 0. The molecule has 0 bridgehead atoms. The van der Waals surface area contributed by atoms with Crippen LogP contribution in [-0.4, -0.2) is 40.7 Å². The number of nitrogens with two attached hydrogens (primary N) is 1. The van der Waals surface area contributed by atoms with Crippen LogP contribution in [0.4, 0.5) is 5.69 Å². The molecule has 1 aliphatic carbocycles. The first-order valence-corrected chi connectivity index (χ1v) is 11.2. The van der Waals surface area contributed by atoms with Crippen LogP contribution in [0.1, 0.15) is 56.1 Å². The van der Waals surface area contributed by atoms with Crippen molar-refractivity contribution in [3.8, 4) is 0 Å². The van der Waals surface area contributed by atoms with Crippen molar-refractivity contribution in [1.29, 1.82) is 0 Å². The lowest BCUT2D eigenvalue weighted by Gasteiger charge is -2.32. The van der Waals surface area contributed by atoms with Gasteiger partial charge in [0, 0.05) is 24.0 Å². The van der Waals surface area contributed by atoms with Crippen molar-refractivity contribution in [1.82, 2.24) is 4.90 Å². The highest BCUT2D eigenvalue weighted by atomic mass is 16.4. The Morgan fingerprint density at radius 1 is 1.19 bits per heavy atom. The predicted octanol–water partition coefficient (Wildman–Crippen LogP) is -0.448. The van der Waals surface area contributed by atoms with Gasteiger partial charge in [0.05, 0.1) is 5.69 Å². The fraction of sp³-hybridized carbons (Fsp3) is 0.565. The summed E-state index contributed by atoms with van der Waals surface area (Å²) in [6, 6.07) is 5.04. The van der Waals surface area contributed by atoms with Crippen molar-refractivity contribution < 1.29 is 29.6 Å². The number of carbonyl (C=O) groups excluding carboxylic acids is 4. The normalized spacial score (nSPS) is 32.5. The molecule has 1 spiro atoms. The molecule has 1 saturated carbocycles. The van der Waals surface area contributed by atoms with E-state index in [9.17, 15) is 24.3 Å². The van der Waals surface area contributed by atoms with Gasteiger partial charge in [-0.05, 0) is 38.3 Å². The van der Waals surface area contributed by atoms with Gasteiger partial charge >= 0.3 is 0 Å². The molecule has 8 heteroatoms. The van der Waals surface area contributed by atoms with Crippen molar-refractivity contribution in [2.24, 2.45) is 11.8 Å². The van der Waals surface area contributed by atoms with Crippen LogP contribution >= 0.6 is 0 Å². The summed E-state index contributed by atoms with van der Waals surface area (Å²) in [6.07, 6.45) is 4.60. The zero-order valence-corrected chi connectivity index (χ0v) is 17.6. The molecule has 3 aliphatic heterocycles. The van der Waals surface area contributed by atoms with Crippen LogP contribution in [0.3, 0.4) is 0 Å². The maximum Gasteiger partial charge on any atom is 0.291 e. The summed E-state index contributed by atoms with van der Waals surface area (Å²) in [5, 5.41) is 15.9. The number of nitrogens with one attached hydrogen (secondary N) is 1. The number of hydrogen-bond donors (Lipinski definition) is 2. The second kappa shape index (κ2) is 7.15. The number of likely N-dealkylation sites (tertiary alicyclic amines) is 1. The molecule has 31 heavy (non-hydrogen) atoms. The summed E-state index contributed by atoms with van der Waals surface area (Å²) < 4.78 is 0. The van der Waals surface area contributed by atoms with E-state index in [4.69, 9.17) is 0 Å². The van der Waals surface area contributed by atoms with Crippen molar-refractivity contribution in [3.05, 3.63) is 29.3 Å². The monoisotopic (exact) mass is 425 g/mol. The largest absolute Gasteiger partial charge is 0.550 e. The predicted molar refractivity (Wildman–Crippen MR) is 107 cm³/mol. The van der Waals surface area contributed by atoms with E-state index in [1.807, 2.05) is 25.1 Å². The maximum absolute atomic E-state index is 13.8. The molecule has 164 valence electrons. The lowest BCUT2D eigenvalue weighted by molar-refractivity contribution is -0.734. The summed E-state index contributed by atoms with van der Waals surface area (Å²) in [4.78, 5) is 53.3. The van der Waals surface area contributed by atoms with Gasteiger partial charge in [0.15, 0.2) is 0 Å². The number of benzene rings is 1. The summed E-state index contributed by atoms with van der Waals surface area (Å²) in [5.41, 5.74) is 1.09. The Balaban J connectivity index is 1.60. The fourth-order valence-electron chi connectivity index (χ4n) is 6.35. The molecule has 8 nitrogen and oxygen atoms in total. The Kier molecular flexibility index (Phi) is 4.66. The number of fused-ring (bicyclic) bond motifs is 4. The molecule has 4 aliphatic rings. The summed E-state index contributed by atoms with van der Waals surface area (Å²) in [5.74, 6) is -3.54.